The second kappa shape index (κ2) is 2.66. The molecule has 2 nitrogen and oxygen atoms in total. The van der Waals surface area contributed by atoms with E-state index in [0.29, 0.717) is 6.61 Å². The van der Waals surface area contributed by atoms with Gasteiger partial charge in [-0.2, -0.15) is 0 Å². The number of ether oxygens (including phenoxy) is 1. The van der Waals surface area contributed by atoms with Crippen LogP contribution in [0.2, 0.25) is 0 Å². The fourth-order valence-electron chi connectivity index (χ4n) is 1.05. The third kappa shape index (κ3) is 1.19. The van der Waals surface area contributed by atoms with E-state index in [4.69, 9.17) is 4.74 Å². The van der Waals surface area contributed by atoms with Gasteiger partial charge >= 0.3 is 0 Å². The van der Waals surface area contributed by atoms with Gasteiger partial charge in [0.1, 0.15) is 12.4 Å². The Bertz CT molecular complexity index is 281. The molecule has 2 rings (SSSR count). The summed E-state index contributed by atoms with van der Waals surface area (Å²) in [7, 11) is 0. The van der Waals surface area contributed by atoms with Gasteiger partial charge in [-0.3, -0.25) is 0 Å². The van der Waals surface area contributed by atoms with Crippen molar-refractivity contribution in [1.82, 2.24) is 0 Å². The molecule has 0 saturated carbocycles. The molecule has 1 N–H and O–H groups in total. The lowest BCUT2D eigenvalue weighted by atomic mass is 10.3. The van der Waals surface area contributed by atoms with Crippen molar-refractivity contribution in [2.24, 2.45) is 0 Å². The van der Waals surface area contributed by atoms with Crippen LogP contribution in [0.25, 0.3) is 0 Å². The monoisotopic (exact) mass is 147 g/mol. The first kappa shape index (κ1) is 6.28. The van der Waals surface area contributed by atoms with E-state index in [-0.39, 0.29) is 0 Å². The van der Waals surface area contributed by atoms with Crippen LogP contribution in [0.1, 0.15) is 0 Å². The predicted molar refractivity (Wildman–Crippen MR) is 44.7 cm³/mol. The molecule has 0 saturated heterocycles. The van der Waals surface area contributed by atoms with E-state index in [1.165, 1.54) is 0 Å². The minimum Gasteiger partial charge on any atom is -0.487 e. The van der Waals surface area contributed by atoms with Crippen LogP contribution in [0.4, 0.5) is 5.69 Å². The Morgan fingerprint density at radius 2 is 2.18 bits per heavy atom. The Morgan fingerprint density at radius 3 is 3.18 bits per heavy atom. The van der Waals surface area contributed by atoms with Gasteiger partial charge in [-0.25, -0.2) is 0 Å². The highest BCUT2D eigenvalue weighted by atomic mass is 16.5. The normalized spacial score (nSPS) is 14.2. The third-order valence-electron chi connectivity index (χ3n) is 1.58. The summed E-state index contributed by atoms with van der Waals surface area (Å²) < 4.78 is 5.40. The molecule has 0 aromatic heterocycles. The molecule has 1 aliphatic rings. The van der Waals surface area contributed by atoms with Crippen LogP contribution in [-0.4, -0.2) is 6.61 Å². The Labute approximate surface area is 65.5 Å². The molecule has 11 heavy (non-hydrogen) atoms. The van der Waals surface area contributed by atoms with Crippen molar-refractivity contribution >= 4 is 5.69 Å². The maximum absolute atomic E-state index is 5.40. The molecule has 0 amide bonds. The smallest absolute Gasteiger partial charge is 0.143 e. The van der Waals surface area contributed by atoms with E-state index < -0.39 is 0 Å². The van der Waals surface area contributed by atoms with Gasteiger partial charge in [0.05, 0.1) is 5.69 Å². The van der Waals surface area contributed by atoms with Crippen LogP contribution in [0.5, 0.6) is 5.75 Å². The summed E-state index contributed by atoms with van der Waals surface area (Å²) in [4.78, 5) is 0. The zero-order valence-corrected chi connectivity index (χ0v) is 6.08. The van der Waals surface area contributed by atoms with Crippen LogP contribution >= 0.6 is 0 Å². The lowest BCUT2D eigenvalue weighted by Crippen LogP contribution is -1.91. The van der Waals surface area contributed by atoms with Crippen LogP contribution in [0.15, 0.2) is 36.5 Å². The second-order valence-corrected chi connectivity index (χ2v) is 2.35. The standard InChI is InChI=1S/C9H9NO/c1-2-5-9-8(4-1)10-6-3-7-11-9/h1-6,10H,7H2. The van der Waals surface area contributed by atoms with Crippen molar-refractivity contribution in [3.63, 3.8) is 0 Å². The topological polar surface area (TPSA) is 21.3 Å². The third-order valence-corrected chi connectivity index (χ3v) is 1.58. The Hall–Kier alpha value is -1.44. The van der Waals surface area contributed by atoms with Crippen LogP contribution in [-0.2, 0) is 0 Å². The van der Waals surface area contributed by atoms with Gasteiger partial charge in [-0.05, 0) is 18.2 Å². The van der Waals surface area contributed by atoms with Crippen LogP contribution < -0.4 is 10.1 Å². The number of para-hydroxylation sites is 2. The number of hydrogen-bond donors (Lipinski definition) is 1. The molecule has 1 aliphatic heterocycles. The Balaban J connectivity index is 2.40. The summed E-state index contributed by atoms with van der Waals surface area (Å²) in [6.07, 6.45) is 3.84. The van der Waals surface area contributed by atoms with Gasteiger partial charge < -0.3 is 10.1 Å². The fourth-order valence-corrected chi connectivity index (χ4v) is 1.05. The van der Waals surface area contributed by atoms with Crippen molar-refractivity contribution in [3.05, 3.63) is 36.5 Å². The first-order valence-corrected chi connectivity index (χ1v) is 3.60. The molecule has 1 heterocycles. The SMILES string of the molecule is C1=CNc2ccccc2OC1. The molecule has 56 valence electrons. The minimum absolute atomic E-state index is 0.643. The molecule has 0 atom stereocenters. The number of anilines is 1. The van der Waals surface area contributed by atoms with Gasteiger partial charge in [-0.15, -0.1) is 0 Å². The van der Waals surface area contributed by atoms with E-state index in [1.54, 1.807) is 0 Å². The molecule has 2 heteroatoms. The van der Waals surface area contributed by atoms with E-state index in [1.807, 2.05) is 36.5 Å². The molecule has 0 spiro atoms. The molecule has 0 radical (unpaired) electrons. The first-order chi connectivity index (χ1) is 5.47. The highest BCUT2D eigenvalue weighted by Gasteiger charge is 2.01. The van der Waals surface area contributed by atoms with Gasteiger partial charge in [0.2, 0.25) is 0 Å². The number of hydrogen-bond acceptors (Lipinski definition) is 2. The summed E-state index contributed by atoms with van der Waals surface area (Å²) >= 11 is 0. The highest BCUT2D eigenvalue weighted by molar-refractivity contribution is 5.58. The van der Waals surface area contributed by atoms with Gasteiger partial charge in [0.25, 0.3) is 0 Å². The van der Waals surface area contributed by atoms with Crippen LogP contribution in [0.3, 0.4) is 0 Å². The fraction of sp³-hybridized carbons (Fsp3) is 0.111. The maximum Gasteiger partial charge on any atom is 0.143 e. The summed E-state index contributed by atoms with van der Waals surface area (Å²) in [6, 6.07) is 7.89. The van der Waals surface area contributed by atoms with E-state index in [2.05, 4.69) is 5.32 Å². The summed E-state index contributed by atoms with van der Waals surface area (Å²) in [5.41, 5.74) is 1.03. The highest BCUT2D eigenvalue weighted by Crippen LogP contribution is 2.24. The van der Waals surface area contributed by atoms with Crippen molar-refractivity contribution in [1.29, 1.82) is 0 Å². The van der Waals surface area contributed by atoms with Gasteiger partial charge in [0, 0.05) is 6.20 Å². The van der Waals surface area contributed by atoms with Crippen molar-refractivity contribution < 1.29 is 4.74 Å². The van der Waals surface area contributed by atoms with Gasteiger partial charge in [0.15, 0.2) is 0 Å². The zero-order chi connectivity index (χ0) is 7.52. The lowest BCUT2D eigenvalue weighted by molar-refractivity contribution is 0.366. The van der Waals surface area contributed by atoms with E-state index >= 15 is 0 Å². The molecule has 0 unspecified atom stereocenters. The molecule has 1 aromatic carbocycles. The molecule has 0 aliphatic carbocycles. The maximum atomic E-state index is 5.40. The van der Waals surface area contributed by atoms with Crippen molar-refractivity contribution in [2.75, 3.05) is 11.9 Å². The molecule has 0 fully saturated rings. The molecule has 1 aromatic rings. The summed E-state index contributed by atoms with van der Waals surface area (Å²) in [5, 5.41) is 3.12. The molecular formula is C9H9NO. The first-order valence-electron chi connectivity index (χ1n) is 3.60. The molecule has 0 bridgehead atoms. The second-order valence-electron chi connectivity index (χ2n) is 2.35. The summed E-state index contributed by atoms with van der Waals surface area (Å²) in [6.45, 7) is 0.643. The minimum atomic E-state index is 0.643. The van der Waals surface area contributed by atoms with Crippen molar-refractivity contribution in [2.45, 2.75) is 0 Å². The average molecular weight is 147 g/mol. The van der Waals surface area contributed by atoms with Crippen LogP contribution in [0, 0.1) is 0 Å². The van der Waals surface area contributed by atoms with Gasteiger partial charge in [-0.1, -0.05) is 12.1 Å². The van der Waals surface area contributed by atoms with Crippen molar-refractivity contribution in [3.8, 4) is 5.75 Å². The number of benzene rings is 1. The number of fused-ring (bicyclic) bond motifs is 1. The largest absolute Gasteiger partial charge is 0.487 e. The Kier molecular flexibility index (Phi) is 1.52. The number of rotatable bonds is 0. The quantitative estimate of drug-likeness (QED) is 0.606. The predicted octanol–water partition coefficient (Wildman–Crippen LogP) is 2.00. The zero-order valence-electron chi connectivity index (χ0n) is 6.08. The van der Waals surface area contributed by atoms with E-state index in [0.717, 1.165) is 11.4 Å². The average Bonchev–Trinajstić information content (AvgIpc) is 2.28. The lowest BCUT2D eigenvalue weighted by Gasteiger charge is -2.05. The molecular weight excluding hydrogens is 138 g/mol. The summed E-state index contributed by atoms with van der Waals surface area (Å²) in [5.74, 6) is 0.914. The number of nitrogens with one attached hydrogen (secondary N) is 1. The van der Waals surface area contributed by atoms with E-state index in [9.17, 15) is 0 Å². The Morgan fingerprint density at radius 1 is 1.27 bits per heavy atom.